The van der Waals surface area contributed by atoms with Crippen molar-refractivity contribution in [3.8, 4) is 0 Å². The van der Waals surface area contributed by atoms with Crippen LogP contribution in [-0.2, 0) is 0 Å². The molecule has 4 heteroatoms. The predicted molar refractivity (Wildman–Crippen MR) is 35.2 cm³/mol. The molecule has 62 valence electrons. The van der Waals surface area contributed by atoms with E-state index >= 15 is 0 Å². The summed E-state index contributed by atoms with van der Waals surface area (Å²) in [5, 5.41) is 0. The molecule has 0 nitrogen and oxygen atoms in total. The smallest absolute Gasteiger partial charge is 0.171 e. The monoisotopic (exact) mass is 174 g/mol. The molecule has 0 N–H and O–H groups in total. The molecule has 0 spiro atoms. The number of hydrogen-bond donors (Lipinski definition) is 0. The van der Waals surface area contributed by atoms with Gasteiger partial charge in [-0.15, -0.1) is 11.6 Å². The van der Waals surface area contributed by atoms with E-state index in [0.29, 0.717) is 12.3 Å². The van der Waals surface area contributed by atoms with Crippen molar-refractivity contribution in [2.24, 2.45) is 5.92 Å². The largest absolute Gasteiger partial charge is 0.389 e. The van der Waals surface area contributed by atoms with Crippen molar-refractivity contribution in [3.63, 3.8) is 0 Å². The number of hydrogen-bond acceptors (Lipinski definition) is 0. The van der Waals surface area contributed by atoms with Gasteiger partial charge < -0.3 is 0 Å². The van der Waals surface area contributed by atoms with Crippen molar-refractivity contribution in [1.82, 2.24) is 0 Å². The normalized spacial score (nSPS) is 15.3. The van der Waals surface area contributed by atoms with E-state index in [1.165, 1.54) is 0 Å². The molecule has 0 radical (unpaired) electrons. The lowest BCUT2D eigenvalue weighted by Crippen LogP contribution is -2.13. The van der Waals surface area contributed by atoms with Crippen molar-refractivity contribution >= 4 is 11.6 Å². The van der Waals surface area contributed by atoms with Crippen LogP contribution in [0.3, 0.4) is 0 Å². The van der Waals surface area contributed by atoms with Crippen LogP contribution in [0.5, 0.6) is 0 Å². The Balaban J connectivity index is 3.47. The Kier molecular flexibility index (Phi) is 4.09. The molecule has 0 aromatic heterocycles. The fraction of sp³-hybridized carbons (Fsp3) is 1.00. The second-order valence-electron chi connectivity index (χ2n) is 2.40. The van der Waals surface area contributed by atoms with E-state index in [9.17, 15) is 13.2 Å². The molecule has 0 aromatic rings. The first kappa shape index (κ1) is 10.1. The molecule has 0 aliphatic heterocycles. The molecular weight excluding hydrogens is 165 g/mol. The van der Waals surface area contributed by atoms with E-state index in [1.54, 1.807) is 6.92 Å². The Morgan fingerprint density at radius 2 is 1.90 bits per heavy atom. The van der Waals surface area contributed by atoms with Crippen molar-refractivity contribution in [1.29, 1.82) is 0 Å². The summed E-state index contributed by atoms with van der Waals surface area (Å²) in [4.78, 5) is 0. The number of halogens is 4. The minimum Gasteiger partial charge on any atom is -0.171 e. The van der Waals surface area contributed by atoms with Gasteiger partial charge in [0.1, 0.15) is 0 Å². The van der Waals surface area contributed by atoms with Crippen LogP contribution in [0.4, 0.5) is 13.2 Å². The summed E-state index contributed by atoms with van der Waals surface area (Å²) in [7, 11) is 0. The molecule has 1 unspecified atom stereocenters. The first-order valence-corrected chi connectivity index (χ1v) is 3.62. The van der Waals surface area contributed by atoms with Crippen molar-refractivity contribution < 1.29 is 13.2 Å². The maximum atomic E-state index is 11.6. The third-order valence-corrected chi connectivity index (χ3v) is 1.40. The van der Waals surface area contributed by atoms with E-state index < -0.39 is 12.6 Å². The van der Waals surface area contributed by atoms with Gasteiger partial charge in [-0.2, -0.15) is 13.2 Å². The zero-order valence-electron chi connectivity index (χ0n) is 5.71. The standard InChI is InChI=1S/C6H10ClF3/c1-5(2-3-7)4-6(8,9)10/h5H,2-4H2,1H3. The highest BCUT2D eigenvalue weighted by Crippen LogP contribution is 2.26. The Hall–Kier alpha value is 0.0800. The van der Waals surface area contributed by atoms with Crippen LogP contribution in [0.1, 0.15) is 19.8 Å². The fourth-order valence-corrected chi connectivity index (χ4v) is 1.06. The van der Waals surface area contributed by atoms with Crippen molar-refractivity contribution in [3.05, 3.63) is 0 Å². The van der Waals surface area contributed by atoms with Crippen LogP contribution < -0.4 is 0 Å². The first-order valence-electron chi connectivity index (χ1n) is 3.08. The Labute approximate surface area is 63.4 Å². The summed E-state index contributed by atoms with van der Waals surface area (Å²) in [5.41, 5.74) is 0. The van der Waals surface area contributed by atoms with E-state index in [0.717, 1.165) is 0 Å². The van der Waals surface area contributed by atoms with E-state index in [-0.39, 0.29) is 5.92 Å². The molecule has 1 atom stereocenters. The lowest BCUT2D eigenvalue weighted by Gasteiger charge is -2.11. The highest BCUT2D eigenvalue weighted by molar-refractivity contribution is 6.17. The van der Waals surface area contributed by atoms with Gasteiger partial charge in [-0.1, -0.05) is 6.92 Å². The molecule has 0 saturated heterocycles. The van der Waals surface area contributed by atoms with Crippen LogP contribution in [-0.4, -0.2) is 12.1 Å². The molecule has 0 aromatic carbocycles. The SMILES string of the molecule is CC(CCCl)CC(F)(F)F. The zero-order valence-corrected chi connectivity index (χ0v) is 6.47. The Bertz CT molecular complexity index is 89.5. The summed E-state index contributed by atoms with van der Waals surface area (Å²) in [6.07, 6.45) is -4.33. The van der Waals surface area contributed by atoms with E-state index in [2.05, 4.69) is 0 Å². The van der Waals surface area contributed by atoms with Gasteiger partial charge in [0.2, 0.25) is 0 Å². The molecule has 0 saturated carbocycles. The average Bonchev–Trinajstić information content (AvgIpc) is 1.59. The van der Waals surface area contributed by atoms with Gasteiger partial charge in [0, 0.05) is 12.3 Å². The van der Waals surface area contributed by atoms with Crippen molar-refractivity contribution in [2.45, 2.75) is 25.9 Å². The maximum Gasteiger partial charge on any atom is 0.389 e. The zero-order chi connectivity index (χ0) is 8.20. The lowest BCUT2D eigenvalue weighted by atomic mass is 10.1. The molecule has 10 heavy (non-hydrogen) atoms. The molecule has 0 amide bonds. The number of rotatable bonds is 3. The summed E-state index contributed by atoms with van der Waals surface area (Å²) in [5.74, 6) is -0.0467. The lowest BCUT2D eigenvalue weighted by molar-refractivity contribution is -0.143. The van der Waals surface area contributed by atoms with E-state index in [4.69, 9.17) is 11.6 Å². The molecule has 0 heterocycles. The molecule has 0 rings (SSSR count). The molecule has 0 fully saturated rings. The summed E-state index contributed by atoms with van der Waals surface area (Å²) in [6, 6.07) is 0. The molecule has 0 bridgehead atoms. The van der Waals surface area contributed by atoms with Gasteiger partial charge >= 0.3 is 6.18 Å². The van der Waals surface area contributed by atoms with Gasteiger partial charge in [0.15, 0.2) is 0 Å². The average molecular weight is 175 g/mol. The Morgan fingerprint density at radius 1 is 1.40 bits per heavy atom. The van der Waals surface area contributed by atoms with Gasteiger partial charge in [0.05, 0.1) is 0 Å². The van der Waals surface area contributed by atoms with Gasteiger partial charge in [-0.05, 0) is 12.3 Å². The Morgan fingerprint density at radius 3 is 2.20 bits per heavy atom. The quantitative estimate of drug-likeness (QED) is 0.577. The minimum atomic E-state index is -4.04. The fourth-order valence-electron chi connectivity index (χ4n) is 0.683. The number of alkyl halides is 4. The minimum absolute atomic E-state index is 0.303. The second kappa shape index (κ2) is 4.06. The van der Waals surface area contributed by atoms with Gasteiger partial charge in [-0.3, -0.25) is 0 Å². The summed E-state index contributed by atoms with van der Waals surface area (Å²) in [6.45, 7) is 1.55. The predicted octanol–water partition coefficient (Wildman–Crippen LogP) is 3.20. The van der Waals surface area contributed by atoms with Crippen LogP contribution in [0, 0.1) is 5.92 Å². The highest BCUT2D eigenvalue weighted by atomic mass is 35.5. The molecule has 0 aliphatic carbocycles. The third kappa shape index (κ3) is 6.20. The van der Waals surface area contributed by atoms with Gasteiger partial charge in [0.25, 0.3) is 0 Å². The van der Waals surface area contributed by atoms with Crippen molar-refractivity contribution in [2.75, 3.05) is 5.88 Å². The summed E-state index contributed by atoms with van der Waals surface area (Å²) < 4.78 is 34.8. The van der Waals surface area contributed by atoms with Crippen LogP contribution >= 0.6 is 11.6 Å². The summed E-state index contributed by atoms with van der Waals surface area (Å²) >= 11 is 5.26. The second-order valence-corrected chi connectivity index (χ2v) is 2.78. The van der Waals surface area contributed by atoms with Crippen LogP contribution in [0.25, 0.3) is 0 Å². The molecule has 0 aliphatic rings. The topological polar surface area (TPSA) is 0 Å². The van der Waals surface area contributed by atoms with Crippen LogP contribution in [0.2, 0.25) is 0 Å². The molecular formula is C6H10ClF3. The highest BCUT2D eigenvalue weighted by Gasteiger charge is 2.29. The van der Waals surface area contributed by atoms with Crippen LogP contribution in [0.15, 0.2) is 0 Å². The van der Waals surface area contributed by atoms with Gasteiger partial charge in [-0.25, -0.2) is 0 Å². The first-order chi connectivity index (χ1) is 4.45. The van der Waals surface area contributed by atoms with E-state index in [1.807, 2.05) is 0 Å². The maximum absolute atomic E-state index is 11.6. The third-order valence-electron chi connectivity index (χ3n) is 1.18.